The van der Waals surface area contributed by atoms with E-state index in [-0.39, 0.29) is 11.7 Å². The fraction of sp³-hybridized carbons (Fsp3) is 0.600. The van der Waals surface area contributed by atoms with Crippen molar-refractivity contribution in [2.45, 2.75) is 57.7 Å². The zero-order chi connectivity index (χ0) is 23.4. The van der Waals surface area contributed by atoms with Crippen LogP contribution in [0.15, 0.2) is 24.8 Å². The van der Waals surface area contributed by atoms with Crippen LogP contribution in [0.5, 0.6) is 5.88 Å². The molecule has 0 radical (unpaired) electrons. The highest BCUT2D eigenvalue weighted by atomic mass is 19.4. The second-order valence-corrected chi connectivity index (χ2v) is 7.92. The Balaban J connectivity index is 0.000000360. The van der Waals surface area contributed by atoms with Crippen LogP contribution in [0.3, 0.4) is 0 Å². The summed E-state index contributed by atoms with van der Waals surface area (Å²) in [6, 6.07) is 0. The van der Waals surface area contributed by atoms with Gasteiger partial charge in [-0.15, -0.1) is 0 Å². The lowest BCUT2D eigenvalue weighted by Crippen LogP contribution is -2.65. The number of hydrogen-bond donors (Lipinski definition) is 1. The number of ether oxygens (including phenoxy) is 2. The number of carbonyl (C=O) groups is 1. The van der Waals surface area contributed by atoms with Crippen molar-refractivity contribution in [1.82, 2.24) is 24.6 Å². The molecular weight excluding hydrogens is 431 g/mol. The maximum absolute atomic E-state index is 10.6. The maximum atomic E-state index is 10.6. The van der Waals surface area contributed by atoms with Crippen molar-refractivity contribution >= 4 is 5.97 Å². The fourth-order valence-electron chi connectivity index (χ4n) is 3.77. The number of carboxylic acid groups (broad SMARTS) is 1. The fourth-order valence-corrected chi connectivity index (χ4v) is 3.77. The number of carboxylic acids is 1. The molecule has 32 heavy (non-hydrogen) atoms. The van der Waals surface area contributed by atoms with E-state index in [0.717, 1.165) is 51.3 Å². The van der Waals surface area contributed by atoms with Gasteiger partial charge in [0.05, 0.1) is 30.3 Å². The van der Waals surface area contributed by atoms with Crippen molar-refractivity contribution in [1.29, 1.82) is 0 Å². The first kappa shape index (κ1) is 23.9. The molecule has 4 rings (SSSR count). The lowest BCUT2D eigenvalue weighted by molar-refractivity contribution is -0.192. The maximum Gasteiger partial charge on any atom is 0.490 e. The first-order valence-corrected chi connectivity index (χ1v) is 10.2. The highest BCUT2D eigenvalue weighted by molar-refractivity contribution is 5.73. The highest BCUT2D eigenvalue weighted by Gasteiger charge is 2.48. The summed E-state index contributed by atoms with van der Waals surface area (Å²) in [4.78, 5) is 19.9. The molecule has 2 aliphatic heterocycles. The van der Waals surface area contributed by atoms with Crippen LogP contribution in [-0.4, -0.2) is 73.3 Å². The number of alkyl halides is 3. The van der Waals surface area contributed by atoms with Gasteiger partial charge in [0.1, 0.15) is 6.10 Å². The van der Waals surface area contributed by atoms with Crippen molar-refractivity contribution in [3.63, 3.8) is 0 Å². The predicted molar refractivity (Wildman–Crippen MR) is 106 cm³/mol. The Morgan fingerprint density at radius 1 is 1.34 bits per heavy atom. The van der Waals surface area contributed by atoms with Crippen LogP contribution in [0.25, 0.3) is 0 Å². The molecule has 1 unspecified atom stereocenters. The van der Waals surface area contributed by atoms with Gasteiger partial charge in [0, 0.05) is 57.0 Å². The SMILES string of the molecule is CCn1cc(CN2CC3(CC(Oc4cncc(C)n4)CCO3)C2)cn1.O=C(O)C(F)(F)F. The normalized spacial score (nSPS) is 20.2. The Morgan fingerprint density at radius 2 is 2.06 bits per heavy atom. The van der Waals surface area contributed by atoms with Crippen LogP contribution in [0.1, 0.15) is 31.0 Å². The number of likely N-dealkylation sites (tertiary alicyclic amines) is 1. The van der Waals surface area contributed by atoms with Gasteiger partial charge in [-0.25, -0.2) is 9.78 Å². The van der Waals surface area contributed by atoms with E-state index in [9.17, 15) is 13.2 Å². The Kier molecular flexibility index (Phi) is 7.34. The summed E-state index contributed by atoms with van der Waals surface area (Å²) >= 11 is 0. The molecule has 1 N–H and O–H groups in total. The first-order valence-electron chi connectivity index (χ1n) is 10.2. The monoisotopic (exact) mass is 457 g/mol. The number of aromatic nitrogens is 4. The number of hydrogen-bond acceptors (Lipinski definition) is 7. The van der Waals surface area contributed by atoms with E-state index >= 15 is 0 Å². The second kappa shape index (κ2) is 9.82. The van der Waals surface area contributed by atoms with E-state index in [1.165, 1.54) is 5.56 Å². The summed E-state index contributed by atoms with van der Waals surface area (Å²) in [6.45, 7) is 8.51. The summed E-state index contributed by atoms with van der Waals surface area (Å²) in [5, 5.41) is 11.5. The quantitative estimate of drug-likeness (QED) is 0.731. The van der Waals surface area contributed by atoms with Gasteiger partial charge < -0.3 is 14.6 Å². The summed E-state index contributed by atoms with van der Waals surface area (Å²) < 4.78 is 45.9. The zero-order valence-corrected chi connectivity index (χ0v) is 17.9. The molecule has 1 spiro atoms. The van der Waals surface area contributed by atoms with Crippen molar-refractivity contribution < 1.29 is 32.5 Å². The molecule has 2 fully saturated rings. The van der Waals surface area contributed by atoms with Gasteiger partial charge in [-0.2, -0.15) is 18.3 Å². The molecule has 176 valence electrons. The molecular formula is C20H26F3N5O4. The largest absolute Gasteiger partial charge is 0.490 e. The third-order valence-electron chi connectivity index (χ3n) is 5.15. The smallest absolute Gasteiger partial charge is 0.475 e. The van der Waals surface area contributed by atoms with E-state index in [1.807, 2.05) is 17.8 Å². The molecule has 4 heterocycles. The molecule has 2 aliphatic rings. The minimum absolute atomic E-state index is 0.0685. The molecule has 0 amide bonds. The molecule has 12 heteroatoms. The van der Waals surface area contributed by atoms with E-state index in [4.69, 9.17) is 19.4 Å². The van der Waals surface area contributed by atoms with Crippen molar-refractivity contribution in [3.05, 3.63) is 36.0 Å². The standard InChI is InChI=1S/C18H25N5O2.C2HF3O2/c1-3-23-11-15(8-20-23)10-22-12-18(13-22)6-16(4-5-24-18)25-17-9-19-7-14(2)21-17;3-2(4,5)1(6)7/h7-9,11,16H,3-6,10,12-13H2,1-2H3;(H,6,7). The Labute approximate surface area is 183 Å². The van der Waals surface area contributed by atoms with Gasteiger partial charge >= 0.3 is 12.1 Å². The first-order chi connectivity index (χ1) is 15.1. The van der Waals surface area contributed by atoms with Crippen LogP contribution < -0.4 is 4.74 Å². The zero-order valence-electron chi connectivity index (χ0n) is 17.9. The number of halogens is 3. The molecule has 0 saturated carbocycles. The molecule has 1 atom stereocenters. The van der Waals surface area contributed by atoms with Gasteiger partial charge in [-0.3, -0.25) is 14.6 Å². The molecule has 2 aromatic heterocycles. The Morgan fingerprint density at radius 3 is 2.66 bits per heavy atom. The third-order valence-corrected chi connectivity index (χ3v) is 5.15. The third kappa shape index (κ3) is 6.39. The molecule has 0 bridgehead atoms. The Bertz CT molecular complexity index is 915. The number of nitrogens with zero attached hydrogens (tertiary/aromatic N) is 5. The lowest BCUT2D eigenvalue weighted by atomic mass is 9.84. The van der Waals surface area contributed by atoms with Gasteiger partial charge in [0.2, 0.25) is 5.88 Å². The van der Waals surface area contributed by atoms with Crippen LogP contribution in [0.2, 0.25) is 0 Å². The lowest BCUT2D eigenvalue weighted by Gasteiger charge is -2.53. The van der Waals surface area contributed by atoms with Crippen molar-refractivity contribution in [2.24, 2.45) is 0 Å². The number of rotatable bonds is 5. The van der Waals surface area contributed by atoms with Crippen LogP contribution in [0, 0.1) is 6.92 Å². The second-order valence-electron chi connectivity index (χ2n) is 7.92. The summed E-state index contributed by atoms with van der Waals surface area (Å²) in [7, 11) is 0. The highest BCUT2D eigenvalue weighted by Crippen LogP contribution is 2.36. The predicted octanol–water partition coefficient (Wildman–Crippen LogP) is 2.45. The van der Waals surface area contributed by atoms with E-state index < -0.39 is 12.1 Å². The molecule has 0 aromatic carbocycles. The van der Waals surface area contributed by atoms with Gasteiger partial charge in [-0.1, -0.05) is 0 Å². The summed E-state index contributed by atoms with van der Waals surface area (Å²) in [5.74, 6) is -2.14. The summed E-state index contributed by atoms with van der Waals surface area (Å²) in [6.07, 6.45) is 4.38. The van der Waals surface area contributed by atoms with Crippen molar-refractivity contribution in [3.8, 4) is 5.88 Å². The Hall–Kier alpha value is -2.73. The topological polar surface area (TPSA) is 103 Å². The summed E-state index contributed by atoms with van der Waals surface area (Å²) in [5.41, 5.74) is 2.07. The molecule has 9 nitrogen and oxygen atoms in total. The molecule has 0 aliphatic carbocycles. The van der Waals surface area contributed by atoms with Crippen LogP contribution in [-0.2, 0) is 22.6 Å². The minimum atomic E-state index is -5.08. The molecule has 2 aromatic rings. The average molecular weight is 457 g/mol. The van der Waals surface area contributed by atoms with E-state index in [2.05, 4.69) is 33.1 Å². The van der Waals surface area contributed by atoms with E-state index in [0.29, 0.717) is 5.88 Å². The molecule has 2 saturated heterocycles. The van der Waals surface area contributed by atoms with Crippen LogP contribution in [0.4, 0.5) is 13.2 Å². The van der Waals surface area contributed by atoms with Gasteiger partial charge in [-0.05, 0) is 13.8 Å². The average Bonchev–Trinajstić information content (AvgIpc) is 3.15. The van der Waals surface area contributed by atoms with Crippen molar-refractivity contribution in [2.75, 3.05) is 19.7 Å². The van der Waals surface area contributed by atoms with Gasteiger partial charge in [0.15, 0.2) is 0 Å². The minimum Gasteiger partial charge on any atom is -0.475 e. The van der Waals surface area contributed by atoms with Crippen LogP contribution >= 0.6 is 0 Å². The van der Waals surface area contributed by atoms with Gasteiger partial charge in [0.25, 0.3) is 0 Å². The number of aryl methyl sites for hydroxylation is 2. The number of aliphatic carboxylic acids is 1. The van der Waals surface area contributed by atoms with E-state index in [1.54, 1.807) is 12.4 Å².